The molecule has 156 valence electrons. The van der Waals surface area contributed by atoms with Gasteiger partial charge in [-0.25, -0.2) is 9.97 Å². The molecule has 0 saturated heterocycles. The molecular formula is C27H27N3O. The summed E-state index contributed by atoms with van der Waals surface area (Å²) in [5.74, 6) is 1.57. The fourth-order valence-corrected chi connectivity index (χ4v) is 4.18. The molecular weight excluding hydrogens is 382 g/mol. The second-order valence-electron chi connectivity index (χ2n) is 8.58. The van der Waals surface area contributed by atoms with Crippen LogP contribution in [-0.4, -0.2) is 21.1 Å². The molecule has 0 fully saturated rings. The fourth-order valence-electron chi connectivity index (χ4n) is 4.18. The number of nitrogens with zero attached hydrogens (tertiary/aromatic N) is 3. The first-order chi connectivity index (χ1) is 15.1. The van der Waals surface area contributed by atoms with Gasteiger partial charge in [-0.05, 0) is 43.0 Å². The van der Waals surface area contributed by atoms with E-state index >= 15 is 0 Å². The molecule has 0 aliphatic carbocycles. The van der Waals surface area contributed by atoms with Crippen LogP contribution in [0, 0.1) is 12.8 Å². The first-order valence-corrected chi connectivity index (χ1v) is 11.0. The van der Waals surface area contributed by atoms with Gasteiger partial charge < -0.3 is 9.30 Å². The van der Waals surface area contributed by atoms with Gasteiger partial charge in [0.2, 0.25) is 0 Å². The van der Waals surface area contributed by atoms with Crippen LogP contribution in [0.5, 0.6) is 5.75 Å². The van der Waals surface area contributed by atoms with Crippen LogP contribution in [0.2, 0.25) is 0 Å². The molecule has 0 bridgehead atoms. The van der Waals surface area contributed by atoms with Crippen molar-refractivity contribution in [3.8, 4) is 5.75 Å². The number of aryl methyl sites for hydroxylation is 1. The van der Waals surface area contributed by atoms with Crippen molar-refractivity contribution in [2.24, 2.45) is 5.92 Å². The van der Waals surface area contributed by atoms with E-state index in [9.17, 15) is 0 Å². The molecule has 0 aliphatic rings. The number of fused-ring (bicyclic) bond motifs is 4. The number of aromatic nitrogens is 3. The van der Waals surface area contributed by atoms with E-state index in [4.69, 9.17) is 14.7 Å². The number of benzene rings is 3. The van der Waals surface area contributed by atoms with Gasteiger partial charge in [0.15, 0.2) is 5.65 Å². The molecule has 0 unspecified atom stereocenters. The van der Waals surface area contributed by atoms with Crippen LogP contribution in [0.4, 0.5) is 0 Å². The second kappa shape index (κ2) is 8.03. The zero-order chi connectivity index (χ0) is 21.4. The number of ether oxygens (including phenoxy) is 1. The Morgan fingerprint density at radius 1 is 0.871 bits per heavy atom. The molecule has 5 rings (SSSR count). The lowest BCUT2D eigenvalue weighted by atomic mass is 10.1. The Labute approximate surface area is 182 Å². The molecule has 31 heavy (non-hydrogen) atoms. The normalized spacial score (nSPS) is 11.7. The summed E-state index contributed by atoms with van der Waals surface area (Å²) in [6, 6.07) is 22.8. The molecule has 2 aromatic heterocycles. The lowest BCUT2D eigenvalue weighted by molar-refractivity contribution is 0.286. The summed E-state index contributed by atoms with van der Waals surface area (Å²) in [4.78, 5) is 10.0. The molecule has 0 atom stereocenters. The molecule has 0 spiro atoms. The average molecular weight is 410 g/mol. The zero-order valence-corrected chi connectivity index (χ0v) is 18.3. The topological polar surface area (TPSA) is 39.9 Å². The Kier molecular flexibility index (Phi) is 5.06. The van der Waals surface area contributed by atoms with Crippen LogP contribution in [0.25, 0.3) is 33.1 Å². The Balaban J connectivity index is 1.67. The predicted molar refractivity (Wildman–Crippen MR) is 128 cm³/mol. The van der Waals surface area contributed by atoms with Gasteiger partial charge in [-0.3, -0.25) is 0 Å². The fraction of sp³-hybridized carbons (Fsp3) is 0.259. The van der Waals surface area contributed by atoms with Crippen LogP contribution < -0.4 is 4.74 Å². The molecule has 0 radical (unpaired) electrons. The van der Waals surface area contributed by atoms with Gasteiger partial charge >= 0.3 is 0 Å². The Hall–Kier alpha value is -3.40. The van der Waals surface area contributed by atoms with Gasteiger partial charge in [0.05, 0.1) is 29.7 Å². The van der Waals surface area contributed by atoms with Gasteiger partial charge in [-0.1, -0.05) is 62.4 Å². The zero-order valence-electron chi connectivity index (χ0n) is 18.3. The number of para-hydroxylation sites is 4. The summed E-state index contributed by atoms with van der Waals surface area (Å²) in [5, 5.41) is 1.14. The van der Waals surface area contributed by atoms with Crippen molar-refractivity contribution in [3.05, 3.63) is 77.9 Å². The smallest absolute Gasteiger partial charge is 0.160 e. The van der Waals surface area contributed by atoms with Crippen LogP contribution in [0.1, 0.15) is 31.4 Å². The minimum absolute atomic E-state index is 0.621. The number of hydrogen-bond donors (Lipinski definition) is 0. The SMILES string of the molecule is Cc1cccc2c3nc4ccccc4nc3n(Cc3ccccc3OCCC(C)C)c12. The van der Waals surface area contributed by atoms with Gasteiger partial charge in [0.1, 0.15) is 11.3 Å². The third kappa shape index (κ3) is 3.63. The van der Waals surface area contributed by atoms with Crippen molar-refractivity contribution in [2.75, 3.05) is 6.61 Å². The summed E-state index contributed by atoms with van der Waals surface area (Å²) in [5.41, 5.74) is 7.27. The van der Waals surface area contributed by atoms with Crippen molar-refractivity contribution in [1.82, 2.24) is 14.5 Å². The maximum absolute atomic E-state index is 6.17. The van der Waals surface area contributed by atoms with Crippen molar-refractivity contribution >= 4 is 33.1 Å². The molecule has 0 aliphatic heterocycles. The first kappa shape index (κ1) is 19.6. The molecule has 2 heterocycles. The third-order valence-electron chi connectivity index (χ3n) is 5.82. The summed E-state index contributed by atoms with van der Waals surface area (Å²) < 4.78 is 8.47. The highest BCUT2D eigenvalue weighted by molar-refractivity contribution is 6.07. The average Bonchev–Trinajstić information content (AvgIpc) is 3.07. The van der Waals surface area contributed by atoms with Crippen molar-refractivity contribution in [3.63, 3.8) is 0 Å². The van der Waals surface area contributed by atoms with Crippen LogP contribution >= 0.6 is 0 Å². The first-order valence-electron chi connectivity index (χ1n) is 11.0. The van der Waals surface area contributed by atoms with E-state index in [0.717, 1.165) is 51.9 Å². The van der Waals surface area contributed by atoms with Crippen molar-refractivity contribution < 1.29 is 4.74 Å². The largest absolute Gasteiger partial charge is 0.493 e. The third-order valence-corrected chi connectivity index (χ3v) is 5.82. The van der Waals surface area contributed by atoms with Crippen LogP contribution in [0.3, 0.4) is 0 Å². The Morgan fingerprint density at radius 2 is 1.61 bits per heavy atom. The monoisotopic (exact) mass is 409 g/mol. The quantitative estimate of drug-likeness (QED) is 0.320. The second-order valence-corrected chi connectivity index (χ2v) is 8.58. The van der Waals surface area contributed by atoms with Gasteiger partial charge in [0, 0.05) is 10.9 Å². The molecule has 4 heteroatoms. The summed E-state index contributed by atoms with van der Waals surface area (Å²) in [6.07, 6.45) is 1.04. The van der Waals surface area contributed by atoms with Gasteiger partial charge in [-0.2, -0.15) is 0 Å². The van der Waals surface area contributed by atoms with Crippen LogP contribution in [0.15, 0.2) is 66.7 Å². The van der Waals surface area contributed by atoms with Gasteiger partial charge in [-0.15, -0.1) is 0 Å². The van der Waals surface area contributed by atoms with E-state index in [1.807, 2.05) is 30.3 Å². The highest BCUT2D eigenvalue weighted by Gasteiger charge is 2.17. The summed E-state index contributed by atoms with van der Waals surface area (Å²) >= 11 is 0. The minimum atomic E-state index is 0.621. The Bertz CT molecular complexity index is 1380. The van der Waals surface area contributed by atoms with E-state index < -0.39 is 0 Å². The molecule has 4 nitrogen and oxygen atoms in total. The van der Waals surface area contributed by atoms with Crippen molar-refractivity contribution in [1.29, 1.82) is 0 Å². The van der Waals surface area contributed by atoms with E-state index in [2.05, 4.69) is 61.7 Å². The highest BCUT2D eigenvalue weighted by Crippen LogP contribution is 2.32. The summed E-state index contributed by atoms with van der Waals surface area (Å²) in [7, 11) is 0. The maximum Gasteiger partial charge on any atom is 0.160 e. The van der Waals surface area contributed by atoms with E-state index in [1.54, 1.807) is 0 Å². The lowest BCUT2D eigenvalue weighted by Gasteiger charge is -2.14. The maximum atomic E-state index is 6.17. The van der Waals surface area contributed by atoms with E-state index in [1.165, 1.54) is 11.1 Å². The molecule has 0 amide bonds. The van der Waals surface area contributed by atoms with E-state index in [0.29, 0.717) is 12.5 Å². The minimum Gasteiger partial charge on any atom is -0.493 e. The Morgan fingerprint density at radius 3 is 2.42 bits per heavy atom. The molecule has 3 aromatic carbocycles. The predicted octanol–water partition coefficient (Wildman–Crippen LogP) is 6.52. The number of hydrogen-bond acceptors (Lipinski definition) is 3. The van der Waals surface area contributed by atoms with Gasteiger partial charge in [0.25, 0.3) is 0 Å². The highest BCUT2D eigenvalue weighted by atomic mass is 16.5. The van der Waals surface area contributed by atoms with E-state index in [-0.39, 0.29) is 0 Å². The standard InChI is InChI=1S/C27H27N3O/c1-18(2)15-16-31-24-14-7-4-10-20(24)17-30-26-19(3)9-8-11-21(26)25-27(30)29-23-13-6-5-12-22(23)28-25/h4-14,18H,15-17H2,1-3H3. The lowest BCUT2D eigenvalue weighted by Crippen LogP contribution is -2.07. The molecule has 5 aromatic rings. The van der Waals surface area contributed by atoms with Crippen molar-refractivity contribution in [2.45, 2.75) is 33.7 Å². The number of rotatable bonds is 6. The van der Waals surface area contributed by atoms with Crippen LogP contribution in [-0.2, 0) is 6.54 Å². The summed E-state index contributed by atoms with van der Waals surface area (Å²) in [6.45, 7) is 8.02. The molecule has 0 saturated carbocycles. The molecule has 0 N–H and O–H groups in total.